The Balaban J connectivity index is 2.79. The van der Waals surface area contributed by atoms with Gasteiger partial charge in [0.05, 0.1) is 5.92 Å². The van der Waals surface area contributed by atoms with Crippen LogP contribution in [0.25, 0.3) is 0 Å². The van der Waals surface area contributed by atoms with Crippen LogP contribution in [0.4, 0.5) is 0 Å². The second-order valence-electron chi connectivity index (χ2n) is 5.51. The van der Waals surface area contributed by atoms with E-state index in [4.69, 9.17) is 17.3 Å². The molecule has 0 heterocycles. The number of carbonyl (C=O) groups excluding carboxylic acids is 1. The highest BCUT2D eigenvalue weighted by atomic mass is 35.5. The lowest BCUT2D eigenvalue weighted by Gasteiger charge is -2.27. The van der Waals surface area contributed by atoms with Crippen LogP contribution in [0, 0.1) is 11.8 Å². The predicted molar refractivity (Wildman–Crippen MR) is 84.5 cm³/mol. The van der Waals surface area contributed by atoms with E-state index in [0.29, 0.717) is 30.6 Å². The van der Waals surface area contributed by atoms with E-state index >= 15 is 0 Å². The van der Waals surface area contributed by atoms with Gasteiger partial charge in [0, 0.05) is 24.7 Å². The third kappa shape index (κ3) is 4.80. The molecular formula is C16H25ClN2O. The Kier molecular flexibility index (Phi) is 7.03. The molecule has 1 atom stereocenters. The van der Waals surface area contributed by atoms with Gasteiger partial charge >= 0.3 is 0 Å². The van der Waals surface area contributed by atoms with Gasteiger partial charge in [-0.05, 0) is 30.9 Å². The SMILES string of the molecule is CCN(Cc1ccccc1Cl)C(=O)C(CN)CC(C)C. The van der Waals surface area contributed by atoms with E-state index in [0.717, 1.165) is 12.0 Å². The summed E-state index contributed by atoms with van der Waals surface area (Å²) in [6, 6.07) is 7.64. The summed E-state index contributed by atoms with van der Waals surface area (Å²) in [7, 11) is 0. The molecule has 3 nitrogen and oxygen atoms in total. The highest BCUT2D eigenvalue weighted by Gasteiger charge is 2.23. The molecule has 1 aromatic carbocycles. The second-order valence-corrected chi connectivity index (χ2v) is 5.91. The largest absolute Gasteiger partial charge is 0.338 e. The fourth-order valence-electron chi connectivity index (χ4n) is 2.30. The molecule has 1 amide bonds. The van der Waals surface area contributed by atoms with Crippen LogP contribution in [-0.4, -0.2) is 23.9 Å². The van der Waals surface area contributed by atoms with E-state index in [-0.39, 0.29) is 11.8 Å². The van der Waals surface area contributed by atoms with Crippen LogP contribution in [0.5, 0.6) is 0 Å². The maximum Gasteiger partial charge on any atom is 0.227 e. The number of rotatable bonds is 7. The molecule has 4 heteroatoms. The molecule has 0 saturated heterocycles. The minimum absolute atomic E-state index is 0.0996. The van der Waals surface area contributed by atoms with Gasteiger partial charge in [-0.3, -0.25) is 4.79 Å². The molecule has 0 saturated carbocycles. The van der Waals surface area contributed by atoms with E-state index in [9.17, 15) is 4.79 Å². The Morgan fingerprint density at radius 3 is 2.50 bits per heavy atom. The molecule has 112 valence electrons. The van der Waals surface area contributed by atoms with Crippen molar-refractivity contribution in [2.75, 3.05) is 13.1 Å². The molecule has 1 aromatic rings. The minimum atomic E-state index is -0.0996. The van der Waals surface area contributed by atoms with E-state index < -0.39 is 0 Å². The molecule has 0 aliphatic carbocycles. The van der Waals surface area contributed by atoms with Crippen LogP contribution >= 0.6 is 11.6 Å². The lowest BCUT2D eigenvalue weighted by atomic mass is 9.95. The van der Waals surface area contributed by atoms with Gasteiger partial charge in [0.2, 0.25) is 5.91 Å². The van der Waals surface area contributed by atoms with Gasteiger partial charge in [-0.15, -0.1) is 0 Å². The topological polar surface area (TPSA) is 46.3 Å². The number of hydrogen-bond donors (Lipinski definition) is 1. The Morgan fingerprint density at radius 2 is 2.00 bits per heavy atom. The summed E-state index contributed by atoms with van der Waals surface area (Å²) < 4.78 is 0. The molecular weight excluding hydrogens is 272 g/mol. The Bertz CT molecular complexity index is 434. The van der Waals surface area contributed by atoms with E-state index in [2.05, 4.69) is 13.8 Å². The lowest BCUT2D eigenvalue weighted by molar-refractivity contribution is -0.136. The quantitative estimate of drug-likeness (QED) is 0.839. The number of benzene rings is 1. The van der Waals surface area contributed by atoms with E-state index in [1.165, 1.54) is 0 Å². The van der Waals surface area contributed by atoms with Crippen molar-refractivity contribution in [3.05, 3.63) is 34.9 Å². The lowest BCUT2D eigenvalue weighted by Crippen LogP contribution is -2.39. The summed E-state index contributed by atoms with van der Waals surface area (Å²) in [5, 5.41) is 0.701. The highest BCUT2D eigenvalue weighted by Crippen LogP contribution is 2.20. The highest BCUT2D eigenvalue weighted by molar-refractivity contribution is 6.31. The molecule has 1 unspecified atom stereocenters. The first kappa shape index (κ1) is 17.0. The van der Waals surface area contributed by atoms with Crippen LogP contribution in [0.2, 0.25) is 5.02 Å². The monoisotopic (exact) mass is 296 g/mol. The number of halogens is 1. The maximum absolute atomic E-state index is 12.6. The van der Waals surface area contributed by atoms with Crippen molar-refractivity contribution in [1.82, 2.24) is 4.90 Å². The van der Waals surface area contributed by atoms with Gasteiger partial charge in [-0.1, -0.05) is 43.6 Å². The van der Waals surface area contributed by atoms with Crippen molar-refractivity contribution in [2.45, 2.75) is 33.7 Å². The third-order valence-electron chi connectivity index (χ3n) is 3.40. The zero-order chi connectivity index (χ0) is 15.1. The zero-order valence-corrected chi connectivity index (χ0v) is 13.4. The Hall–Kier alpha value is -1.06. The smallest absolute Gasteiger partial charge is 0.227 e. The van der Waals surface area contributed by atoms with Gasteiger partial charge in [-0.25, -0.2) is 0 Å². The number of nitrogens with zero attached hydrogens (tertiary/aromatic N) is 1. The Labute approximate surface area is 127 Å². The number of carbonyl (C=O) groups is 1. The van der Waals surface area contributed by atoms with Crippen molar-refractivity contribution in [3.8, 4) is 0 Å². The van der Waals surface area contributed by atoms with Crippen LogP contribution in [0.3, 0.4) is 0 Å². The van der Waals surface area contributed by atoms with Crippen molar-refractivity contribution >= 4 is 17.5 Å². The molecule has 0 radical (unpaired) electrons. The van der Waals surface area contributed by atoms with Crippen LogP contribution in [-0.2, 0) is 11.3 Å². The number of hydrogen-bond acceptors (Lipinski definition) is 2. The molecule has 0 spiro atoms. The van der Waals surface area contributed by atoms with Crippen molar-refractivity contribution in [1.29, 1.82) is 0 Å². The van der Waals surface area contributed by atoms with Crippen molar-refractivity contribution in [3.63, 3.8) is 0 Å². The molecule has 0 aliphatic rings. The third-order valence-corrected chi connectivity index (χ3v) is 3.77. The normalized spacial score (nSPS) is 12.5. The first-order valence-corrected chi connectivity index (χ1v) is 7.59. The van der Waals surface area contributed by atoms with E-state index in [1.54, 1.807) is 0 Å². The van der Waals surface area contributed by atoms with Crippen LogP contribution in [0.15, 0.2) is 24.3 Å². The fourth-order valence-corrected chi connectivity index (χ4v) is 2.50. The summed E-state index contributed by atoms with van der Waals surface area (Å²) in [6.45, 7) is 7.82. The first-order valence-electron chi connectivity index (χ1n) is 7.21. The minimum Gasteiger partial charge on any atom is -0.338 e. The van der Waals surface area contributed by atoms with Gasteiger partial charge in [0.15, 0.2) is 0 Å². The zero-order valence-electron chi connectivity index (χ0n) is 12.6. The second kappa shape index (κ2) is 8.28. The molecule has 2 N–H and O–H groups in total. The fraction of sp³-hybridized carbons (Fsp3) is 0.562. The van der Waals surface area contributed by atoms with Crippen LogP contribution in [0.1, 0.15) is 32.8 Å². The standard InChI is InChI=1S/C16H25ClN2O/c1-4-19(11-13-7-5-6-8-15(13)17)16(20)14(10-18)9-12(2)3/h5-8,12,14H,4,9-11,18H2,1-3H3. The molecule has 1 rings (SSSR count). The molecule has 0 aromatic heterocycles. The summed E-state index contributed by atoms with van der Waals surface area (Å²) in [6.07, 6.45) is 0.828. The van der Waals surface area contributed by atoms with Crippen molar-refractivity contribution in [2.24, 2.45) is 17.6 Å². The summed E-state index contributed by atoms with van der Waals surface area (Å²) in [5.41, 5.74) is 6.74. The summed E-state index contributed by atoms with van der Waals surface area (Å²) in [4.78, 5) is 14.4. The van der Waals surface area contributed by atoms with Gasteiger partial charge in [0.25, 0.3) is 0 Å². The molecule has 20 heavy (non-hydrogen) atoms. The first-order chi connectivity index (χ1) is 9.49. The van der Waals surface area contributed by atoms with Gasteiger partial charge in [-0.2, -0.15) is 0 Å². The predicted octanol–water partition coefficient (Wildman–Crippen LogP) is 3.31. The van der Waals surface area contributed by atoms with Crippen LogP contribution < -0.4 is 5.73 Å². The molecule has 0 aliphatic heterocycles. The van der Waals surface area contributed by atoms with Gasteiger partial charge in [0.1, 0.15) is 0 Å². The summed E-state index contributed by atoms with van der Waals surface area (Å²) in [5.74, 6) is 0.493. The average molecular weight is 297 g/mol. The average Bonchev–Trinajstić information content (AvgIpc) is 2.43. The van der Waals surface area contributed by atoms with E-state index in [1.807, 2.05) is 36.1 Å². The maximum atomic E-state index is 12.6. The van der Waals surface area contributed by atoms with Gasteiger partial charge < -0.3 is 10.6 Å². The Morgan fingerprint density at radius 1 is 1.35 bits per heavy atom. The molecule has 0 fully saturated rings. The summed E-state index contributed by atoms with van der Waals surface area (Å²) >= 11 is 6.17. The number of nitrogens with two attached hydrogens (primary N) is 1. The molecule has 0 bridgehead atoms. The van der Waals surface area contributed by atoms with Crippen molar-refractivity contribution < 1.29 is 4.79 Å². The number of amides is 1.